The first-order valence-corrected chi connectivity index (χ1v) is 5.41. The third-order valence-electron chi connectivity index (χ3n) is 2.89. The van der Waals surface area contributed by atoms with E-state index in [2.05, 4.69) is 0 Å². The van der Waals surface area contributed by atoms with Crippen LogP contribution in [-0.2, 0) is 0 Å². The number of aromatic hydroxyl groups is 1. The first-order chi connectivity index (χ1) is 9.08. The maximum absolute atomic E-state index is 11.8. The number of nitro benzene ring substituents is 1. The molecular weight excluding hydrogens is 250 g/mol. The lowest BCUT2D eigenvalue weighted by Crippen LogP contribution is -2.01. The van der Waals surface area contributed by atoms with Gasteiger partial charge in [-0.2, -0.15) is 0 Å². The van der Waals surface area contributed by atoms with Crippen LogP contribution in [0.15, 0.2) is 45.6 Å². The van der Waals surface area contributed by atoms with Crippen molar-refractivity contribution in [2.24, 2.45) is 0 Å². The van der Waals surface area contributed by atoms with E-state index in [4.69, 9.17) is 4.42 Å². The molecule has 0 fully saturated rings. The topological polar surface area (TPSA) is 93.6 Å². The lowest BCUT2D eigenvalue weighted by atomic mass is 10.1. The molecule has 0 amide bonds. The molecule has 19 heavy (non-hydrogen) atoms. The molecule has 0 bridgehead atoms. The minimum Gasteiger partial charge on any atom is -0.507 e. The summed E-state index contributed by atoms with van der Waals surface area (Å²) in [4.78, 5) is 21.9. The van der Waals surface area contributed by atoms with Crippen molar-refractivity contribution in [1.82, 2.24) is 0 Å². The maximum atomic E-state index is 11.8. The molecule has 3 aromatic rings. The SMILES string of the molecule is O=c1oc2ccccc2c2c(O)cc([N+](=O)[O-])cc12. The predicted molar refractivity (Wildman–Crippen MR) is 68.3 cm³/mol. The number of para-hydroxylation sites is 1. The Morgan fingerprint density at radius 2 is 1.89 bits per heavy atom. The van der Waals surface area contributed by atoms with Crippen LogP contribution in [0.25, 0.3) is 21.7 Å². The van der Waals surface area contributed by atoms with Crippen LogP contribution in [0.1, 0.15) is 0 Å². The summed E-state index contributed by atoms with van der Waals surface area (Å²) in [5.41, 5.74) is -0.746. The summed E-state index contributed by atoms with van der Waals surface area (Å²) in [5.74, 6) is -0.312. The third-order valence-corrected chi connectivity index (χ3v) is 2.89. The minimum atomic E-state index is -0.715. The van der Waals surface area contributed by atoms with Crippen LogP contribution in [0.2, 0.25) is 0 Å². The lowest BCUT2D eigenvalue weighted by Gasteiger charge is -2.04. The van der Waals surface area contributed by atoms with Gasteiger partial charge in [0.15, 0.2) is 0 Å². The van der Waals surface area contributed by atoms with Gasteiger partial charge in [0.25, 0.3) is 5.69 Å². The summed E-state index contributed by atoms with van der Waals surface area (Å²) >= 11 is 0. The van der Waals surface area contributed by atoms with Gasteiger partial charge in [0.2, 0.25) is 0 Å². The molecule has 94 valence electrons. The molecule has 6 nitrogen and oxygen atoms in total. The summed E-state index contributed by atoms with van der Waals surface area (Å²) in [5, 5.41) is 21.5. The minimum absolute atomic E-state index is 0.00889. The fraction of sp³-hybridized carbons (Fsp3) is 0. The highest BCUT2D eigenvalue weighted by atomic mass is 16.6. The Labute approximate surface area is 105 Å². The fourth-order valence-corrected chi connectivity index (χ4v) is 2.08. The standard InChI is InChI=1S/C13H7NO5/c15-10-6-7(14(17)18)5-9-12(10)8-3-1-2-4-11(8)19-13(9)16/h1-6,15H. The average molecular weight is 257 g/mol. The zero-order valence-electron chi connectivity index (χ0n) is 9.49. The molecule has 0 aliphatic heterocycles. The van der Waals surface area contributed by atoms with Crippen LogP contribution >= 0.6 is 0 Å². The second-order valence-corrected chi connectivity index (χ2v) is 4.03. The lowest BCUT2D eigenvalue weighted by molar-refractivity contribution is -0.384. The van der Waals surface area contributed by atoms with Gasteiger partial charge >= 0.3 is 5.63 Å². The number of nitro groups is 1. The number of hydrogen-bond donors (Lipinski definition) is 1. The van der Waals surface area contributed by atoms with E-state index in [1.165, 1.54) is 0 Å². The van der Waals surface area contributed by atoms with Gasteiger partial charge in [0.1, 0.15) is 11.3 Å². The highest BCUT2D eigenvalue weighted by molar-refractivity contribution is 6.08. The van der Waals surface area contributed by atoms with E-state index in [0.717, 1.165) is 12.1 Å². The highest BCUT2D eigenvalue weighted by Crippen LogP contribution is 2.33. The van der Waals surface area contributed by atoms with Crippen LogP contribution in [0, 0.1) is 10.1 Å². The molecule has 0 spiro atoms. The number of non-ortho nitro benzene ring substituents is 1. The van der Waals surface area contributed by atoms with E-state index in [9.17, 15) is 20.0 Å². The Morgan fingerprint density at radius 3 is 2.63 bits per heavy atom. The molecule has 0 aliphatic carbocycles. The van der Waals surface area contributed by atoms with Crippen LogP contribution in [0.5, 0.6) is 5.75 Å². The zero-order chi connectivity index (χ0) is 13.6. The van der Waals surface area contributed by atoms with Gasteiger partial charge in [-0.1, -0.05) is 18.2 Å². The predicted octanol–water partition coefficient (Wildman–Crippen LogP) is 2.56. The molecular formula is C13H7NO5. The van der Waals surface area contributed by atoms with E-state index in [1.54, 1.807) is 24.3 Å². The number of phenols is 1. The maximum Gasteiger partial charge on any atom is 0.344 e. The smallest absolute Gasteiger partial charge is 0.344 e. The van der Waals surface area contributed by atoms with E-state index in [0.29, 0.717) is 11.0 Å². The number of rotatable bonds is 1. The van der Waals surface area contributed by atoms with E-state index < -0.39 is 10.5 Å². The Kier molecular flexibility index (Phi) is 2.25. The molecule has 1 N–H and O–H groups in total. The monoisotopic (exact) mass is 257 g/mol. The summed E-state index contributed by atoms with van der Waals surface area (Å²) in [6.45, 7) is 0. The van der Waals surface area contributed by atoms with Crippen molar-refractivity contribution in [3.8, 4) is 5.75 Å². The molecule has 1 aromatic heterocycles. The third kappa shape index (κ3) is 1.61. The van der Waals surface area contributed by atoms with Crippen molar-refractivity contribution < 1.29 is 14.4 Å². The summed E-state index contributed by atoms with van der Waals surface area (Å²) in [7, 11) is 0. The second kappa shape index (κ2) is 3.81. The van der Waals surface area contributed by atoms with Gasteiger partial charge in [-0.05, 0) is 6.07 Å². The highest BCUT2D eigenvalue weighted by Gasteiger charge is 2.16. The number of hydrogen-bond acceptors (Lipinski definition) is 5. The van der Waals surface area contributed by atoms with E-state index in [1.807, 2.05) is 0 Å². The summed E-state index contributed by atoms with van der Waals surface area (Å²) < 4.78 is 5.08. The Bertz CT molecular complexity index is 881. The van der Waals surface area contributed by atoms with Gasteiger partial charge in [-0.25, -0.2) is 4.79 Å². The molecule has 0 radical (unpaired) electrons. The largest absolute Gasteiger partial charge is 0.507 e. The molecule has 0 saturated carbocycles. The quantitative estimate of drug-likeness (QED) is 0.313. The first kappa shape index (κ1) is 11.2. The van der Waals surface area contributed by atoms with Crippen molar-refractivity contribution in [3.05, 3.63) is 56.9 Å². The van der Waals surface area contributed by atoms with E-state index >= 15 is 0 Å². The first-order valence-electron chi connectivity index (χ1n) is 5.41. The van der Waals surface area contributed by atoms with Crippen LogP contribution in [0.4, 0.5) is 5.69 Å². The normalized spacial score (nSPS) is 10.9. The fourth-order valence-electron chi connectivity index (χ4n) is 2.08. The molecule has 0 unspecified atom stereocenters. The molecule has 6 heteroatoms. The van der Waals surface area contributed by atoms with Crippen LogP contribution in [-0.4, -0.2) is 10.0 Å². The number of benzene rings is 2. The van der Waals surface area contributed by atoms with Crippen LogP contribution in [0.3, 0.4) is 0 Å². The van der Waals surface area contributed by atoms with Crippen molar-refractivity contribution in [2.75, 3.05) is 0 Å². The molecule has 2 aromatic carbocycles. The number of nitrogens with zero attached hydrogens (tertiary/aromatic N) is 1. The van der Waals surface area contributed by atoms with Crippen molar-refractivity contribution >= 4 is 27.4 Å². The molecule has 1 heterocycles. The Balaban J connectivity index is 2.59. The Hall–Kier alpha value is -2.89. The molecule has 0 saturated heterocycles. The van der Waals surface area contributed by atoms with E-state index in [-0.39, 0.29) is 22.2 Å². The zero-order valence-corrected chi connectivity index (χ0v) is 9.49. The van der Waals surface area contributed by atoms with Gasteiger partial charge in [-0.15, -0.1) is 0 Å². The van der Waals surface area contributed by atoms with Crippen molar-refractivity contribution in [3.63, 3.8) is 0 Å². The number of phenolic OH excluding ortho intramolecular Hbond substituents is 1. The Morgan fingerprint density at radius 1 is 1.16 bits per heavy atom. The molecule has 0 atom stereocenters. The summed E-state index contributed by atoms with van der Waals surface area (Å²) in [6, 6.07) is 8.81. The average Bonchev–Trinajstić information content (AvgIpc) is 2.38. The number of fused-ring (bicyclic) bond motifs is 3. The van der Waals surface area contributed by atoms with Crippen LogP contribution < -0.4 is 5.63 Å². The van der Waals surface area contributed by atoms with Gasteiger partial charge in [0.05, 0.1) is 16.4 Å². The molecule has 3 rings (SSSR count). The van der Waals surface area contributed by atoms with Crippen molar-refractivity contribution in [1.29, 1.82) is 0 Å². The summed E-state index contributed by atoms with van der Waals surface area (Å²) in [6.07, 6.45) is 0. The second-order valence-electron chi connectivity index (χ2n) is 4.03. The molecule has 0 aliphatic rings. The van der Waals surface area contributed by atoms with Crippen molar-refractivity contribution in [2.45, 2.75) is 0 Å². The van der Waals surface area contributed by atoms with Gasteiger partial charge in [0, 0.05) is 16.8 Å². The van der Waals surface area contributed by atoms with Gasteiger partial charge in [-0.3, -0.25) is 10.1 Å². The van der Waals surface area contributed by atoms with Gasteiger partial charge < -0.3 is 9.52 Å².